The summed E-state index contributed by atoms with van der Waals surface area (Å²) in [6.45, 7) is 10.9. The van der Waals surface area contributed by atoms with Gasteiger partial charge in [0.2, 0.25) is 0 Å². The SMILES string of the molecule is Cc1cc(C)n(-c2ccc(CNC(=O)c3cc4ccc(C(C)(C)C)cc4[nH]3)cn2)n1. The lowest BCUT2D eigenvalue weighted by Crippen LogP contribution is -2.23. The summed E-state index contributed by atoms with van der Waals surface area (Å²) in [7, 11) is 0. The molecular weight excluding hydrogens is 374 g/mol. The molecule has 0 aliphatic carbocycles. The lowest BCUT2D eigenvalue weighted by atomic mass is 9.87. The van der Waals surface area contributed by atoms with Crippen molar-refractivity contribution >= 4 is 16.8 Å². The van der Waals surface area contributed by atoms with Crippen molar-refractivity contribution in [2.45, 2.75) is 46.6 Å². The molecule has 3 heterocycles. The second kappa shape index (κ2) is 7.44. The zero-order chi connectivity index (χ0) is 21.5. The number of fused-ring (bicyclic) bond motifs is 1. The van der Waals surface area contributed by atoms with Gasteiger partial charge in [-0.1, -0.05) is 39.0 Å². The molecule has 1 amide bonds. The van der Waals surface area contributed by atoms with E-state index in [-0.39, 0.29) is 11.3 Å². The fourth-order valence-corrected chi connectivity index (χ4v) is 3.50. The second-order valence-electron chi connectivity index (χ2n) is 8.78. The number of hydrogen-bond acceptors (Lipinski definition) is 3. The normalized spacial score (nSPS) is 11.8. The largest absolute Gasteiger partial charge is 0.351 e. The number of aromatic nitrogens is 4. The van der Waals surface area contributed by atoms with E-state index in [9.17, 15) is 4.79 Å². The lowest BCUT2D eigenvalue weighted by Gasteiger charge is -2.18. The molecule has 6 nitrogen and oxygen atoms in total. The number of pyridine rings is 1. The van der Waals surface area contributed by atoms with Crippen molar-refractivity contribution in [3.8, 4) is 5.82 Å². The van der Waals surface area contributed by atoms with Crippen LogP contribution in [0.15, 0.2) is 48.7 Å². The molecule has 0 atom stereocenters. The maximum absolute atomic E-state index is 12.6. The van der Waals surface area contributed by atoms with Crippen LogP contribution < -0.4 is 5.32 Å². The number of rotatable bonds is 4. The third kappa shape index (κ3) is 3.99. The molecule has 0 aliphatic rings. The summed E-state index contributed by atoms with van der Waals surface area (Å²) in [6, 6.07) is 14.1. The van der Waals surface area contributed by atoms with Gasteiger partial charge in [-0.15, -0.1) is 0 Å². The van der Waals surface area contributed by atoms with Gasteiger partial charge in [0.25, 0.3) is 5.91 Å². The van der Waals surface area contributed by atoms with E-state index in [1.165, 1.54) is 5.56 Å². The molecule has 0 saturated heterocycles. The first-order chi connectivity index (χ1) is 14.2. The monoisotopic (exact) mass is 401 g/mol. The number of nitrogens with zero attached hydrogens (tertiary/aromatic N) is 3. The standard InChI is InChI=1S/C24H27N5O/c1-15-10-16(2)29(28-15)22-9-6-17(13-25-22)14-26-23(30)21-11-18-7-8-19(24(3,4)5)12-20(18)27-21/h6-13,27H,14H2,1-5H3,(H,26,30). The first-order valence-electron chi connectivity index (χ1n) is 10.1. The average Bonchev–Trinajstić information content (AvgIpc) is 3.27. The molecule has 0 unspecified atom stereocenters. The number of hydrogen-bond donors (Lipinski definition) is 2. The van der Waals surface area contributed by atoms with Crippen LogP contribution in [0.2, 0.25) is 0 Å². The van der Waals surface area contributed by atoms with Gasteiger partial charge in [0.05, 0.1) is 5.69 Å². The average molecular weight is 402 g/mol. The Hall–Kier alpha value is -3.41. The number of nitrogens with one attached hydrogen (secondary N) is 2. The maximum atomic E-state index is 12.6. The van der Waals surface area contributed by atoms with Crippen LogP contribution in [0.5, 0.6) is 0 Å². The second-order valence-corrected chi connectivity index (χ2v) is 8.78. The highest BCUT2D eigenvalue weighted by Crippen LogP contribution is 2.26. The molecule has 1 aromatic carbocycles. The molecule has 0 aliphatic heterocycles. The van der Waals surface area contributed by atoms with Gasteiger partial charge >= 0.3 is 0 Å². The van der Waals surface area contributed by atoms with Gasteiger partial charge in [0, 0.05) is 29.3 Å². The van der Waals surface area contributed by atoms with Crippen molar-refractivity contribution in [1.82, 2.24) is 25.1 Å². The van der Waals surface area contributed by atoms with E-state index in [0.717, 1.165) is 33.7 Å². The van der Waals surface area contributed by atoms with Crippen molar-refractivity contribution in [2.75, 3.05) is 0 Å². The Kier molecular flexibility index (Phi) is 4.94. The number of aromatic amines is 1. The number of amides is 1. The summed E-state index contributed by atoms with van der Waals surface area (Å²) in [5.74, 6) is 0.632. The Balaban J connectivity index is 1.45. The molecule has 0 fully saturated rings. The molecule has 3 aromatic heterocycles. The molecule has 4 rings (SSSR count). The van der Waals surface area contributed by atoms with Gasteiger partial charge in [-0.25, -0.2) is 9.67 Å². The Morgan fingerprint density at radius 2 is 1.90 bits per heavy atom. The minimum Gasteiger partial charge on any atom is -0.351 e. The van der Waals surface area contributed by atoms with E-state index in [2.05, 4.69) is 59.4 Å². The summed E-state index contributed by atoms with van der Waals surface area (Å²) >= 11 is 0. The third-order valence-electron chi connectivity index (χ3n) is 5.22. The number of carbonyl (C=O) groups excluding carboxylic acids is 1. The molecule has 0 bridgehead atoms. The molecule has 4 aromatic rings. The Morgan fingerprint density at radius 3 is 2.53 bits per heavy atom. The quantitative estimate of drug-likeness (QED) is 0.525. The third-order valence-corrected chi connectivity index (χ3v) is 5.22. The van der Waals surface area contributed by atoms with Crippen molar-refractivity contribution in [3.63, 3.8) is 0 Å². The maximum Gasteiger partial charge on any atom is 0.267 e. The van der Waals surface area contributed by atoms with E-state index in [1.807, 2.05) is 42.8 Å². The van der Waals surface area contributed by atoms with E-state index in [0.29, 0.717) is 12.2 Å². The minimum atomic E-state index is -0.133. The first-order valence-corrected chi connectivity index (χ1v) is 10.1. The van der Waals surface area contributed by atoms with Crippen LogP contribution in [-0.2, 0) is 12.0 Å². The Labute approximate surface area is 176 Å². The Bertz CT molecular complexity index is 1210. The van der Waals surface area contributed by atoms with Gasteiger partial charge in [-0.05, 0) is 54.7 Å². The van der Waals surface area contributed by atoms with Crippen LogP contribution in [0.1, 0.15) is 53.8 Å². The van der Waals surface area contributed by atoms with Gasteiger partial charge in [-0.3, -0.25) is 4.79 Å². The van der Waals surface area contributed by atoms with Crippen molar-refractivity contribution < 1.29 is 4.79 Å². The van der Waals surface area contributed by atoms with Crippen molar-refractivity contribution in [2.24, 2.45) is 0 Å². The lowest BCUT2D eigenvalue weighted by molar-refractivity contribution is 0.0946. The summed E-state index contributed by atoms with van der Waals surface area (Å²) in [5, 5.41) is 8.44. The number of H-pyrrole nitrogens is 1. The van der Waals surface area contributed by atoms with E-state index >= 15 is 0 Å². The van der Waals surface area contributed by atoms with Crippen molar-refractivity contribution in [1.29, 1.82) is 0 Å². The molecule has 0 spiro atoms. The van der Waals surface area contributed by atoms with Crippen LogP contribution in [0.25, 0.3) is 16.7 Å². The van der Waals surface area contributed by atoms with Crippen molar-refractivity contribution in [3.05, 3.63) is 76.9 Å². The zero-order valence-electron chi connectivity index (χ0n) is 18.1. The van der Waals surface area contributed by atoms with Crippen LogP contribution in [0.4, 0.5) is 0 Å². The van der Waals surface area contributed by atoms with E-state index in [1.54, 1.807) is 6.20 Å². The summed E-state index contributed by atoms with van der Waals surface area (Å²) in [5.41, 5.74) is 5.76. The topological polar surface area (TPSA) is 75.6 Å². The molecular formula is C24H27N5O. The number of carbonyl (C=O) groups is 1. The number of benzene rings is 1. The van der Waals surface area contributed by atoms with Gasteiger partial charge in [0.15, 0.2) is 5.82 Å². The molecule has 0 saturated carbocycles. The van der Waals surface area contributed by atoms with Crippen LogP contribution in [0.3, 0.4) is 0 Å². The first kappa shape index (κ1) is 19.9. The molecule has 0 radical (unpaired) electrons. The smallest absolute Gasteiger partial charge is 0.267 e. The van der Waals surface area contributed by atoms with Crippen LogP contribution in [-0.4, -0.2) is 25.7 Å². The van der Waals surface area contributed by atoms with Gasteiger partial charge in [0.1, 0.15) is 5.69 Å². The molecule has 6 heteroatoms. The van der Waals surface area contributed by atoms with E-state index < -0.39 is 0 Å². The van der Waals surface area contributed by atoms with Crippen LogP contribution in [0, 0.1) is 13.8 Å². The summed E-state index contributed by atoms with van der Waals surface area (Å²) in [4.78, 5) is 20.4. The van der Waals surface area contributed by atoms with Gasteiger partial charge in [-0.2, -0.15) is 5.10 Å². The number of aryl methyl sites for hydroxylation is 2. The van der Waals surface area contributed by atoms with Crippen LogP contribution >= 0.6 is 0 Å². The molecule has 2 N–H and O–H groups in total. The fraction of sp³-hybridized carbons (Fsp3) is 0.292. The highest BCUT2D eigenvalue weighted by Gasteiger charge is 2.16. The summed E-state index contributed by atoms with van der Waals surface area (Å²) in [6.07, 6.45) is 1.77. The van der Waals surface area contributed by atoms with E-state index in [4.69, 9.17) is 0 Å². The highest BCUT2D eigenvalue weighted by molar-refractivity contribution is 5.98. The predicted molar refractivity (Wildman–Crippen MR) is 119 cm³/mol. The van der Waals surface area contributed by atoms with Gasteiger partial charge < -0.3 is 10.3 Å². The molecule has 154 valence electrons. The minimum absolute atomic E-state index is 0.0638. The fourth-order valence-electron chi connectivity index (χ4n) is 3.50. The summed E-state index contributed by atoms with van der Waals surface area (Å²) < 4.78 is 1.81. The predicted octanol–water partition coefficient (Wildman–Crippen LogP) is 4.59. The molecule has 30 heavy (non-hydrogen) atoms. The highest BCUT2D eigenvalue weighted by atomic mass is 16.1. The zero-order valence-corrected chi connectivity index (χ0v) is 18.1. The Morgan fingerprint density at radius 1 is 1.10 bits per heavy atom.